The van der Waals surface area contributed by atoms with Gasteiger partial charge in [0.2, 0.25) is 0 Å². The van der Waals surface area contributed by atoms with E-state index in [0.29, 0.717) is 0 Å². The maximum absolute atomic E-state index is 13.3. The number of anilines is 1. The molecular weight excluding hydrogens is 284 g/mol. The summed E-state index contributed by atoms with van der Waals surface area (Å²) in [5.41, 5.74) is -0.742. The lowest BCUT2D eigenvalue weighted by Gasteiger charge is -2.08. The van der Waals surface area contributed by atoms with Crippen molar-refractivity contribution in [2.24, 2.45) is 0 Å². The van der Waals surface area contributed by atoms with E-state index in [9.17, 15) is 18.4 Å². The predicted octanol–water partition coefficient (Wildman–Crippen LogP) is 1.37. The summed E-state index contributed by atoms with van der Waals surface area (Å²) in [7, 11) is 0. The number of carbonyl (C=O) groups excluding carboxylic acids is 1. The van der Waals surface area contributed by atoms with Crippen molar-refractivity contribution in [3.63, 3.8) is 0 Å². The molecule has 0 aliphatic rings. The zero-order valence-corrected chi connectivity index (χ0v) is 10.9. The molecule has 110 valence electrons. The van der Waals surface area contributed by atoms with Crippen molar-refractivity contribution in [3.8, 4) is 6.07 Å². The van der Waals surface area contributed by atoms with Crippen LogP contribution in [0.5, 0.6) is 0 Å². The maximum Gasteiger partial charge on any atom is 0.325 e. The number of hydrogen-bond acceptors (Lipinski definition) is 4. The van der Waals surface area contributed by atoms with Crippen LogP contribution >= 0.6 is 0 Å². The number of benzene rings is 1. The zero-order chi connectivity index (χ0) is 16.0. The van der Waals surface area contributed by atoms with Crippen molar-refractivity contribution in [3.05, 3.63) is 41.6 Å². The summed E-state index contributed by atoms with van der Waals surface area (Å²) < 4.78 is 26.3. The molecule has 3 N–H and O–H groups in total. The third kappa shape index (κ3) is 4.58. The smallest absolute Gasteiger partial charge is 0.325 e. The Morgan fingerprint density at radius 3 is 2.67 bits per heavy atom. The second kappa shape index (κ2) is 7.00. The lowest BCUT2D eigenvalue weighted by Crippen LogP contribution is -2.39. The minimum Gasteiger partial charge on any atom is -0.480 e. The van der Waals surface area contributed by atoms with E-state index >= 15 is 0 Å². The highest BCUT2D eigenvalue weighted by Crippen LogP contribution is 2.15. The fraction of sp³-hybridized carbons (Fsp3) is 0.154. The van der Waals surface area contributed by atoms with Crippen LogP contribution in [0, 0.1) is 23.0 Å². The first kappa shape index (κ1) is 16.1. The number of carboxylic acids is 1. The summed E-state index contributed by atoms with van der Waals surface area (Å²) >= 11 is 0. The Hall–Kier alpha value is -2.95. The third-order valence-electron chi connectivity index (χ3n) is 2.38. The zero-order valence-electron chi connectivity index (χ0n) is 10.9. The molecule has 1 atom stereocenters. The first-order valence-corrected chi connectivity index (χ1v) is 5.70. The monoisotopic (exact) mass is 295 g/mol. The SMILES string of the molecule is CC(NC(=O)/C(C#N)=C\Nc1cc(F)ccc1F)C(=O)O. The molecule has 0 fully saturated rings. The lowest BCUT2D eigenvalue weighted by atomic mass is 10.2. The van der Waals surface area contributed by atoms with E-state index in [4.69, 9.17) is 10.4 Å². The minimum atomic E-state index is -1.27. The molecule has 0 aliphatic heterocycles. The van der Waals surface area contributed by atoms with Gasteiger partial charge < -0.3 is 15.7 Å². The highest BCUT2D eigenvalue weighted by molar-refractivity contribution is 5.99. The van der Waals surface area contributed by atoms with Gasteiger partial charge in [-0.1, -0.05) is 0 Å². The molecule has 0 radical (unpaired) electrons. The van der Waals surface area contributed by atoms with Crippen LogP contribution in [0.3, 0.4) is 0 Å². The molecule has 1 aromatic carbocycles. The number of carbonyl (C=O) groups is 2. The summed E-state index contributed by atoms with van der Waals surface area (Å²) in [6.07, 6.45) is 0.863. The standard InChI is InChI=1S/C13H11F2N3O3/c1-7(13(20)21)18-12(19)8(5-16)6-17-11-4-9(14)2-3-10(11)15/h2-4,6-7,17H,1H3,(H,18,19)(H,20,21)/b8-6-. The topological polar surface area (TPSA) is 102 Å². The van der Waals surface area contributed by atoms with Crippen LogP contribution < -0.4 is 10.6 Å². The molecule has 0 spiro atoms. The molecule has 0 aliphatic carbocycles. The number of amides is 1. The van der Waals surface area contributed by atoms with Gasteiger partial charge in [-0.3, -0.25) is 9.59 Å². The van der Waals surface area contributed by atoms with Crippen molar-refractivity contribution in [1.82, 2.24) is 5.32 Å². The number of nitriles is 1. The van der Waals surface area contributed by atoms with Crippen LogP contribution in [0.4, 0.5) is 14.5 Å². The summed E-state index contributed by atoms with van der Waals surface area (Å²) in [5.74, 6) is -3.69. The Morgan fingerprint density at radius 1 is 1.43 bits per heavy atom. The summed E-state index contributed by atoms with van der Waals surface area (Å²) in [5, 5.41) is 21.8. The summed E-state index contributed by atoms with van der Waals surface area (Å²) in [6, 6.07) is 2.97. The maximum atomic E-state index is 13.3. The minimum absolute atomic E-state index is 0.262. The van der Waals surface area contributed by atoms with Gasteiger partial charge in [0.25, 0.3) is 5.91 Å². The van der Waals surface area contributed by atoms with Gasteiger partial charge in [-0.15, -0.1) is 0 Å². The molecule has 1 rings (SSSR count). The van der Waals surface area contributed by atoms with Crippen LogP contribution in [0.1, 0.15) is 6.92 Å². The van der Waals surface area contributed by atoms with E-state index in [2.05, 4.69) is 10.6 Å². The van der Waals surface area contributed by atoms with E-state index in [1.54, 1.807) is 0 Å². The second-order valence-corrected chi connectivity index (χ2v) is 3.97. The molecule has 0 saturated carbocycles. The van der Waals surface area contributed by atoms with Gasteiger partial charge in [-0.25, -0.2) is 8.78 Å². The number of aliphatic carboxylic acids is 1. The Balaban J connectivity index is 2.85. The van der Waals surface area contributed by atoms with Crippen molar-refractivity contribution in [2.75, 3.05) is 5.32 Å². The average molecular weight is 295 g/mol. The number of nitrogens with zero attached hydrogens (tertiary/aromatic N) is 1. The van der Waals surface area contributed by atoms with Gasteiger partial charge >= 0.3 is 5.97 Å². The molecule has 21 heavy (non-hydrogen) atoms. The van der Waals surface area contributed by atoms with Crippen molar-refractivity contribution < 1.29 is 23.5 Å². The van der Waals surface area contributed by atoms with E-state index < -0.39 is 35.1 Å². The average Bonchev–Trinajstić information content (AvgIpc) is 2.42. The first-order valence-electron chi connectivity index (χ1n) is 5.70. The van der Waals surface area contributed by atoms with E-state index in [1.165, 1.54) is 13.0 Å². The molecule has 8 heteroatoms. The Labute approximate surface area is 118 Å². The molecule has 0 saturated heterocycles. The van der Waals surface area contributed by atoms with E-state index in [0.717, 1.165) is 24.4 Å². The van der Waals surface area contributed by atoms with Crippen LogP contribution in [-0.4, -0.2) is 23.0 Å². The van der Waals surface area contributed by atoms with Crippen LogP contribution in [-0.2, 0) is 9.59 Å². The molecule has 1 unspecified atom stereocenters. The van der Waals surface area contributed by atoms with Gasteiger partial charge in [0.05, 0.1) is 5.69 Å². The molecule has 0 heterocycles. The fourth-order valence-corrected chi connectivity index (χ4v) is 1.24. The number of carboxylic acid groups (broad SMARTS) is 1. The number of nitrogens with one attached hydrogen (secondary N) is 2. The Kier molecular flexibility index (Phi) is 5.37. The van der Waals surface area contributed by atoms with Gasteiger partial charge in [0.1, 0.15) is 29.3 Å². The molecule has 1 amide bonds. The number of halogens is 2. The second-order valence-electron chi connectivity index (χ2n) is 3.97. The highest BCUT2D eigenvalue weighted by Gasteiger charge is 2.17. The fourth-order valence-electron chi connectivity index (χ4n) is 1.24. The van der Waals surface area contributed by atoms with Crippen molar-refractivity contribution in [2.45, 2.75) is 13.0 Å². The molecule has 1 aromatic rings. The van der Waals surface area contributed by atoms with Crippen molar-refractivity contribution >= 4 is 17.6 Å². The number of hydrogen-bond donors (Lipinski definition) is 3. The summed E-state index contributed by atoms with van der Waals surface area (Å²) in [4.78, 5) is 22.2. The van der Waals surface area contributed by atoms with Gasteiger partial charge in [-0.05, 0) is 19.1 Å². The van der Waals surface area contributed by atoms with Gasteiger partial charge in [-0.2, -0.15) is 5.26 Å². The van der Waals surface area contributed by atoms with Crippen LogP contribution in [0.25, 0.3) is 0 Å². The van der Waals surface area contributed by atoms with E-state index in [-0.39, 0.29) is 5.69 Å². The highest BCUT2D eigenvalue weighted by atomic mass is 19.1. The van der Waals surface area contributed by atoms with E-state index in [1.807, 2.05) is 0 Å². The molecule has 6 nitrogen and oxygen atoms in total. The molecular formula is C13H11F2N3O3. The van der Waals surface area contributed by atoms with Crippen LogP contribution in [0.2, 0.25) is 0 Å². The van der Waals surface area contributed by atoms with Crippen LogP contribution in [0.15, 0.2) is 30.0 Å². The molecule has 0 bridgehead atoms. The third-order valence-corrected chi connectivity index (χ3v) is 2.38. The summed E-state index contributed by atoms with van der Waals surface area (Å²) in [6.45, 7) is 1.22. The number of rotatable bonds is 5. The molecule has 0 aromatic heterocycles. The normalized spacial score (nSPS) is 12.2. The van der Waals surface area contributed by atoms with Crippen molar-refractivity contribution in [1.29, 1.82) is 5.26 Å². The Morgan fingerprint density at radius 2 is 2.10 bits per heavy atom. The van der Waals surface area contributed by atoms with Gasteiger partial charge in [0, 0.05) is 12.3 Å². The largest absolute Gasteiger partial charge is 0.480 e. The Bertz CT molecular complexity index is 638. The first-order chi connectivity index (χ1) is 9.85. The van der Waals surface area contributed by atoms with Gasteiger partial charge in [0.15, 0.2) is 0 Å². The lowest BCUT2D eigenvalue weighted by molar-refractivity contribution is -0.140. The quantitative estimate of drug-likeness (QED) is 0.562. The predicted molar refractivity (Wildman–Crippen MR) is 68.9 cm³/mol.